The van der Waals surface area contributed by atoms with Crippen LogP contribution in [0.3, 0.4) is 0 Å². The number of rotatable bonds is 3. The van der Waals surface area contributed by atoms with E-state index >= 15 is 0 Å². The summed E-state index contributed by atoms with van der Waals surface area (Å²) in [6, 6.07) is 21.0. The second-order valence-electron chi connectivity index (χ2n) is 6.53. The Hall–Kier alpha value is -3.14. The van der Waals surface area contributed by atoms with Gasteiger partial charge in [-0.1, -0.05) is 54.6 Å². The summed E-state index contributed by atoms with van der Waals surface area (Å²) in [4.78, 5) is 25.0. The lowest BCUT2D eigenvalue weighted by molar-refractivity contribution is -0.128. The number of amides is 1. The van der Waals surface area contributed by atoms with E-state index in [1.807, 2.05) is 49.4 Å². The van der Waals surface area contributed by atoms with Gasteiger partial charge in [0, 0.05) is 0 Å². The zero-order valence-corrected chi connectivity index (χ0v) is 14.4. The molecular weight excluding hydrogens is 326 g/mol. The highest BCUT2D eigenvalue weighted by Gasteiger charge is 2.32. The second-order valence-corrected chi connectivity index (χ2v) is 6.53. The molecule has 0 spiro atoms. The third-order valence-corrected chi connectivity index (χ3v) is 4.77. The van der Waals surface area contributed by atoms with Gasteiger partial charge in [-0.25, -0.2) is 0 Å². The average Bonchev–Trinajstić information content (AvgIpc) is 2.67. The van der Waals surface area contributed by atoms with Gasteiger partial charge < -0.3 is 10.1 Å². The SMILES string of the molecule is C[C@@H](NC(=O)[C@H]1CC(=O)c2ccccc2O1)c1cccc2ccccc12. The number of ether oxygens (including phenoxy) is 1. The minimum Gasteiger partial charge on any atom is -0.479 e. The first-order chi connectivity index (χ1) is 12.6. The van der Waals surface area contributed by atoms with E-state index in [9.17, 15) is 9.59 Å². The standard InChI is InChI=1S/C22H19NO3/c1-14(16-11-6-8-15-7-2-3-9-17(15)16)23-22(25)21-13-19(24)18-10-4-5-12-20(18)26-21/h2-12,14,21H,13H2,1H3,(H,23,25)/t14-,21-/m1/s1. The summed E-state index contributed by atoms with van der Waals surface area (Å²) in [5.41, 5.74) is 1.58. The highest BCUT2D eigenvalue weighted by molar-refractivity contribution is 6.03. The van der Waals surface area contributed by atoms with Crippen molar-refractivity contribution in [1.82, 2.24) is 5.32 Å². The Balaban J connectivity index is 1.54. The molecule has 2 atom stereocenters. The Morgan fingerprint density at radius 1 is 1.04 bits per heavy atom. The van der Waals surface area contributed by atoms with Gasteiger partial charge in [0.2, 0.25) is 0 Å². The van der Waals surface area contributed by atoms with Gasteiger partial charge in [0.05, 0.1) is 18.0 Å². The third kappa shape index (κ3) is 2.94. The number of hydrogen-bond donors (Lipinski definition) is 1. The molecule has 0 bridgehead atoms. The highest BCUT2D eigenvalue weighted by Crippen LogP contribution is 2.28. The van der Waals surface area contributed by atoms with Crippen LogP contribution in [0.5, 0.6) is 5.75 Å². The zero-order valence-electron chi connectivity index (χ0n) is 14.4. The van der Waals surface area contributed by atoms with E-state index in [2.05, 4.69) is 5.32 Å². The summed E-state index contributed by atoms with van der Waals surface area (Å²) in [5.74, 6) is 0.139. The maximum Gasteiger partial charge on any atom is 0.262 e. The first-order valence-electron chi connectivity index (χ1n) is 8.70. The fraction of sp³-hybridized carbons (Fsp3) is 0.182. The molecule has 4 rings (SSSR count). The summed E-state index contributed by atoms with van der Waals surface area (Å²) in [5, 5.41) is 5.23. The second kappa shape index (κ2) is 6.64. The van der Waals surface area contributed by atoms with Crippen LogP contribution in [0.4, 0.5) is 0 Å². The number of fused-ring (bicyclic) bond motifs is 2. The molecule has 1 aliphatic rings. The number of hydrogen-bond acceptors (Lipinski definition) is 3. The Morgan fingerprint density at radius 2 is 1.77 bits per heavy atom. The molecule has 1 N–H and O–H groups in total. The summed E-state index contributed by atoms with van der Waals surface area (Å²) >= 11 is 0. The van der Waals surface area contributed by atoms with Crippen molar-refractivity contribution >= 4 is 22.5 Å². The van der Waals surface area contributed by atoms with Crippen LogP contribution >= 0.6 is 0 Å². The summed E-state index contributed by atoms with van der Waals surface area (Å²) in [6.45, 7) is 1.94. The molecule has 3 aromatic carbocycles. The zero-order chi connectivity index (χ0) is 18.1. The van der Waals surface area contributed by atoms with Gasteiger partial charge >= 0.3 is 0 Å². The molecule has 0 fully saturated rings. The van der Waals surface area contributed by atoms with Crippen molar-refractivity contribution < 1.29 is 14.3 Å². The van der Waals surface area contributed by atoms with E-state index in [1.54, 1.807) is 24.3 Å². The number of benzene rings is 3. The lowest BCUT2D eigenvalue weighted by atomic mass is 9.98. The number of carbonyl (C=O) groups excluding carboxylic acids is 2. The molecule has 4 nitrogen and oxygen atoms in total. The van der Waals surface area contributed by atoms with Crippen LogP contribution in [0.1, 0.15) is 35.3 Å². The fourth-order valence-corrected chi connectivity index (χ4v) is 3.43. The number of para-hydroxylation sites is 1. The quantitative estimate of drug-likeness (QED) is 0.779. The maximum absolute atomic E-state index is 12.7. The molecule has 0 saturated heterocycles. The van der Waals surface area contributed by atoms with Gasteiger partial charge in [-0.3, -0.25) is 9.59 Å². The van der Waals surface area contributed by atoms with E-state index in [0.717, 1.165) is 16.3 Å². The molecule has 3 aromatic rings. The van der Waals surface area contributed by atoms with Gasteiger partial charge in [0.25, 0.3) is 5.91 Å². The van der Waals surface area contributed by atoms with E-state index in [-0.39, 0.29) is 24.2 Å². The summed E-state index contributed by atoms with van der Waals surface area (Å²) in [7, 11) is 0. The summed E-state index contributed by atoms with van der Waals surface area (Å²) < 4.78 is 5.76. The van der Waals surface area contributed by atoms with Crippen molar-refractivity contribution in [2.24, 2.45) is 0 Å². The topological polar surface area (TPSA) is 55.4 Å². The van der Waals surface area contributed by atoms with Crippen LogP contribution < -0.4 is 10.1 Å². The van der Waals surface area contributed by atoms with Crippen molar-refractivity contribution in [1.29, 1.82) is 0 Å². The maximum atomic E-state index is 12.7. The van der Waals surface area contributed by atoms with Gasteiger partial charge in [0.1, 0.15) is 5.75 Å². The highest BCUT2D eigenvalue weighted by atomic mass is 16.5. The molecule has 0 aromatic heterocycles. The molecular formula is C22H19NO3. The number of carbonyl (C=O) groups is 2. The molecule has 1 aliphatic heterocycles. The molecule has 1 amide bonds. The Labute approximate surface area is 151 Å². The van der Waals surface area contributed by atoms with Crippen molar-refractivity contribution in [3.8, 4) is 5.75 Å². The van der Waals surface area contributed by atoms with Gasteiger partial charge in [-0.2, -0.15) is 0 Å². The normalized spacial score (nSPS) is 17.3. The van der Waals surface area contributed by atoms with Gasteiger partial charge in [-0.15, -0.1) is 0 Å². The Morgan fingerprint density at radius 3 is 2.65 bits per heavy atom. The monoisotopic (exact) mass is 345 g/mol. The molecule has 4 heteroatoms. The number of ketones is 1. The Bertz CT molecular complexity index is 990. The largest absolute Gasteiger partial charge is 0.479 e. The summed E-state index contributed by atoms with van der Waals surface area (Å²) in [6.07, 6.45) is -0.736. The van der Waals surface area contributed by atoms with Gasteiger partial charge in [0.15, 0.2) is 11.9 Å². The molecule has 0 unspecified atom stereocenters. The lowest BCUT2D eigenvalue weighted by Crippen LogP contribution is -2.42. The smallest absolute Gasteiger partial charge is 0.262 e. The van der Waals surface area contributed by atoms with Crippen LogP contribution in [-0.4, -0.2) is 17.8 Å². The minimum absolute atomic E-state index is 0.0606. The van der Waals surface area contributed by atoms with Crippen LogP contribution in [0.15, 0.2) is 66.7 Å². The minimum atomic E-state index is -0.796. The van der Waals surface area contributed by atoms with Crippen molar-refractivity contribution in [2.45, 2.75) is 25.5 Å². The van der Waals surface area contributed by atoms with Crippen LogP contribution in [0.25, 0.3) is 10.8 Å². The number of Topliss-reactive ketones (excluding diaryl/α,β-unsaturated/α-hetero) is 1. The predicted octanol–water partition coefficient (Wildman–Crippen LogP) is 4.05. The fourth-order valence-electron chi connectivity index (χ4n) is 3.43. The average molecular weight is 345 g/mol. The van der Waals surface area contributed by atoms with E-state index in [0.29, 0.717) is 11.3 Å². The molecule has 0 aliphatic carbocycles. The molecule has 0 saturated carbocycles. The Kier molecular flexibility index (Phi) is 4.17. The number of nitrogens with one attached hydrogen (secondary N) is 1. The van der Waals surface area contributed by atoms with Crippen LogP contribution in [0, 0.1) is 0 Å². The van der Waals surface area contributed by atoms with Gasteiger partial charge in [-0.05, 0) is 35.4 Å². The molecule has 1 heterocycles. The lowest BCUT2D eigenvalue weighted by Gasteiger charge is -2.26. The van der Waals surface area contributed by atoms with Crippen molar-refractivity contribution in [2.75, 3.05) is 0 Å². The van der Waals surface area contributed by atoms with Crippen molar-refractivity contribution in [3.63, 3.8) is 0 Å². The molecule has 0 radical (unpaired) electrons. The van der Waals surface area contributed by atoms with E-state index < -0.39 is 6.10 Å². The van der Waals surface area contributed by atoms with E-state index in [1.165, 1.54) is 0 Å². The van der Waals surface area contributed by atoms with Crippen LogP contribution in [0.2, 0.25) is 0 Å². The molecule has 26 heavy (non-hydrogen) atoms. The first kappa shape index (κ1) is 16.3. The van der Waals surface area contributed by atoms with Crippen LogP contribution in [-0.2, 0) is 4.79 Å². The van der Waals surface area contributed by atoms with Crippen molar-refractivity contribution in [3.05, 3.63) is 77.9 Å². The first-order valence-corrected chi connectivity index (χ1v) is 8.70. The third-order valence-electron chi connectivity index (χ3n) is 4.77. The predicted molar refractivity (Wildman–Crippen MR) is 100 cm³/mol. The van der Waals surface area contributed by atoms with E-state index in [4.69, 9.17) is 4.74 Å². The molecule has 130 valence electrons.